The van der Waals surface area contributed by atoms with E-state index in [1.807, 2.05) is 0 Å². The highest BCUT2D eigenvalue weighted by molar-refractivity contribution is 5.80. The summed E-state index contributed by atoms with van der Waals surface area (Å²) in [4.78, 5) is 24.1. The van der Waals surface area contributed by atoms with Crippen LogP contribution < -0.4 is 5.32 Å². The number of carbonyl (C=O) groups excluding carboxylic acids is 1. The molecule has 0 aromatic rings. The lowest BCUT2D eigenvalue weighted by atomic mass is 10.0. The van der Waals surface area contributed by atoms with Crippen molar-refractivity contribution in [2.45, 2.75) is 32.2 Å². The molecule has 18 heavy (non-hydrogen) atoms. The molecule has 0 aromatic heterocycles. The summed E-state index contributed by atoms with van der Waals surface area (Å²) in [7, 11) is 0. The van der Waals surface area contributed by atoms with E-state index in [1.165, 1.54) is 0 Å². The number of carboxylic acid groups (broad SMARTS) is 1. The van der Waals surface area contributed by atoms with Crippen LogP contribution in [0.1, 0.15) is 26.7 Å². The molecule has 104 valence electrons. The fourth-order valence-corrected chi connectivity index (χ4v) is 1.90. The second-order valence-corrected chi connectivity index (χ2v) is 5.08. The van der Waals surface area contributed by atoms with E-state index in [1.54, 1.807) is 0 Å². The Labute approximate surface area is 107 Å². The summed E-state index contributed by atoms with van der Waals surface area (Å²) in [6.45, 7) is 7.81. The van der Waals surface area contributed by atoms with Crippen molar-refractivity contribution in [2.24, 2.45) is 0 Å². The topological polar surface area (TPSA) is 78.9 Å². The van der Waals surface area contributed by atoms with Crippen molar-refractivity contribution in [3.8, 4) is 0 Å². The Balaban J connectivity index is 2.31. The van der Waals surface area contributed by atoms with E-state index in [4.69, 9.17) is 9.84 Å². The van der Waals surface area contributed by atoms with Crippen LogP contribution in [0.3, 0.4) is 0 Å². The van der Waals surface area contributed by atoms with Crippen LogP contribution in [0.15, 0.2) is 0 Å². The highest BCUT2D eigenvalue weighted by Gasteiger charge is 2.28. The summed E-state index contributed by atoms with van der Waals surface area (Å²) in [6, 6.07) is 0. The van der Waals surface area contributed by atoms with E-state index in [0.717, 1.165) is 26.3 Å². The lowest BCUT2D eigenvalue weighted by Crippen LogP contribution is -2.55. The first-order valence-corrected chi connectivity index (χ1v) is 6.23. The number of carboxylic acids is 1. The van der Waals surface area contributed by atoms with Crippen molar-refractivity contribution < 1.29 is 19.4 Å². The van der Waals surface area contributed by atoms with Crippen molar-refractivity contribution in [2.75, 3.05) is 32.8 Å². The van der Waals surface area contributed by atoms with Gasteiger partial charge in [0.05, 0.1) is 19.6 Å². The van der Waals surface area contributed by atoms with E-state index in [-0.39, 0.29) is 24.3 Å². The highest BCUT2D eigenvalue weighted by Crippen LogP contribution is 2.15. The predicted molar refractivity (Wildman–Crippen MR) is 66.4 cm³/mol. The van der Waals surface area contributed by atoms with Gasteiger partial charge in [0.25, 0.3) is 0 Å². The first-order chi connectivity index (χ1) is 8.42. The molecule has 1 aliphatic rings. The molecule has 1 saturated heterocycles. The molecule has 0 spiro atoms. The Hall–Kier alpha value is -1.14. The van der Waals surface area contributed by atoms with Gasteiger partial charge < -0.3 is 15.2 Å². The van der Waals surface area contributed by atoms with Crippen LogP contribution in [0, 0.1) is 0 Å². The van der Waals surface area contributed by atoms with E-state index < -0.39 is 5.97 Å². The van der Waals surface area contributed by atoms with Crippen LogP contribution >= 0.6 is 0 Å². The van der Waals surface area contributed by atoms with Gasteiger partial charge in [0.15, 0.2) is 0 Å². The average Bonchev–Trinajstić information content (AvgIpc) is 2.35. The average molecular weight is 258 g/mol. The minimum Gasteiger partial charge on any atom is -0.481 e. The first-order valence-electron chi connectivity index (χ1n) is 6.23. The number of hydrogen-bond donors (Lipinski definition) is 2. The molecule has 2 N–H and O–H groups in total. The number of nitrogens with one attached hydrogen (secondary N) is 1. The van der Waals surface area contributed by atoms with Gasteiger partial charge in [-0.05, 0) is 13.8 Å². The van der Waals surface area contributed by atoms with Crippen LogP contribution in [0.25, 0.3) is 0 Å². The summed E-state index contributed by atoms with van der Waals surface area (Å²) < 4.78 is 5.29. The van der Waals surface area contributed by atoms with Crippen molar-refractivity contribution >= 4 is 11.9 Å². The van der Waals surface area contributed by atoms with Gasteiger partial charge in [0.1, 0.15) is 0 Å². The molecule has 6 nitrogen and oxygen atoms in total. The van der Waals surface area contributed by atoms with Gasteiger partial charge in [-0.3, -0.25) is 14.5 Å². The third-order valence-electron chi connectivity index (χ3n) is 3.15. The Kier molecular flexibility index (Phi) is 5.55. The van der Waals surface area contributed by atoms with Crippen LogP contribution in [0.5, 0.6) is 0 Å². The molecule has 0 unspecified atom stereocenters. The monoisotopic (exact) mass is 258 g/mol. The molecule has 1 heterocycles. The predicted octanol–water partition coefficient (Wildman–Crippen LogP) is 0.0782. The smallest absolute Gasteiger partial charge is 0.303 e. The zero-order valence-electron chi connectivity index (χ0n) is 11.1. The second-order valence-electron chi connectivity index (χ2n) is 5.08. The van der Waals surface area contributed by atoms with Gasteiger partial charge in [0, 0.05) is 31.6 Å². The zero-order valence-corrected chi connectivity index (χ0v) is 11.1. The van der Waals surface area contributed by atoms with Crippen molar-refractivity contribution in [3.05, 3.63) is 0 Å². The first kappa shape index (κ1) is 14.9. The second kappa shape index (κ2) is 6.70. The molecule has 0 saturated carbocycles. The molecule has 0 aliphatic carbocycles. The number of aliphatic carboxylic acids is 1. The molecule has 1 rings (SSSR count). The molecule has 0 bridgehead atoms. The Morgan fingerprint density at radius 1 is 1.28 bits per heavy atom. The minimum absolute atomic E-state index is 0.0362. The third kappa shape index (κ3) is 5.01. The summed E-state index contributed by atoms with van der Waals surface area (Å²) in [5, 5.41) is 11.3. The molecule has 6 heteroatoms. The minimum atomic E-state index is -0.947. The number of amides is 1. The molecule has 0 atom stereocenters. The van der Waals surface area contributed by atoms with E-state index >= 15 is 0 Å². The Morgan fingerprint density at radius 3 is 2.44 bits per heavy atom. The van der Waals surface area contributed by atoms with Gasteiger partial charge in [-0.15, -0.1) is 0 Å². The van der Waals surface area contributed by atoms with Gasteiger partial charge in [-0.25, -0.2) is 0 Å². The standard InChI is InChI=1S/C12H22N2O4/c1-12(2,14-5-7-18-8-6-14)9-13-10(15)3-4-11(16)17/h3-9H2,1-2H3,(H,13,15)(H,16,17). The van der Waals surface area contributed by atoms with E-state index in [0.29, 0.717) is 6.54 Å². The quantitative estimate of drug-likeness (QED) is 0.705. The van der Waals surface area contributed by atoms with Gasteiger partial charge in [0.2, 0.25) is 5.91 Å². The van der Waals surface area contributed by atoms with Crippen molar-refractivity contribution in [3.63, 3.8) is 0 Å². The van der Waals surface area contributed by atoms with E-state index in [2.05, 4.69) is 24.1 Å². The lowest BCUT2D eigenvalue weighted by molar-refractivity contribution is -0.138. The zero-order chi connectivity index (χ0) is 13.6. The van der Waals surface area contributed by atoms with E-state index in [9.17, 15) is 9.59 Å². The lowest BCUT2D eigenvalue weighted by Gasteiger charge is -2.40. The number of nitrogens with zero attached hydrogens (tertiary/aromatic N) is 1. The number of hydrogen-bond acceptors (Lipinski definition) is 4. The maximum Gasteiger partial charge on any atom is 0.303 e. The molecule has 1 aliphatic heterocycles. The number of morpholine rings is 1. The van der Waals surface area contributed by atoms with Crippen molar-refractivity contribution in [1.29, 1.82) is 0 Å². The summed E-state index contributed by atoms with van der Waals surface area (Å²) in [5.74, 6) is -1.16. The fraction of sp³-hybridized carbons (Fsp3) is 0.833. The number of ether oxygens (including phenoxy) is 1. The number of rotatable bonds is 6. The summed E-state index contributed by atoms with van der Waals surface area (Å²) >= 11 is 0. The van der Waals surface area contributed by atoms with Gasteiger partial charge in [-0.1, -0.05) is 0 Å². The maximum atomic E-state index is 11.5. The molecular weight excluding hydrogens is 236 g/mol. The van der Waals surface area contributed by atoms with Crippen molar-refractivity contribution in [1.82, 2.24) is 10.2 Å². The van der Waals surface area contributed by atoms with Gasteiger partial charge in [-0.2, -0.15) is 0 Å². The largest absolute Gasteiger partial charge is 0.481 e. The molecule has 0 aromatic carbocycles. The van der Waals surface area contributed by atoms with Crippen LogP contribution in [0.2, 0.25) is 0 Å². The van der Waals surface area contributed by atoms with Crippen LogP contribution in [-0.2, 0) is 14.3 Å². The Morgan fingerprint density at radius 2 is 1.89 bits per heavy atom. The number of carbonyl (C=O) groups is 2. The highest BCUT2D eigenvalue weighted by atomic mass is 16.5. The maximum absolute atomic E-state index is 11.5. The van der Waals surface area contributed by atoms with Crippen LogP contribution in [0.4, 0.5) is 0 Å². The van der Waals surface area contributed by atoms with Gasteiger partial charge >= 0.3 is 5.97 Å². The Bertz CT molecular complexity index is 298. The summed E-state index contributed by atoms with van der Waals surface area (Å²) in [6.07, 6.45) is -0.0850. The third-order valence-corrected chi connectivity index (χ3v) is 3.15. The molecular formula is C12H22N2O4. The molecule has 1 fully saturated rings. The fourth-order valence-electron chi connectivity index (χ4n) is 1.90. The normalized spacial score (nSPS) is 17.4. The summed E-state index contributed by atoms with van der Waals surface area (Å²) in [5.41, 5.74) is -0.136. The molecule has 1 amide bonds. The SMILES string of the molecule is CC(C)(CNC(=O)CCC(=O)O)N1CCOCC1. The molecule has 0 radical (unpaired) electrons. The van der Waals surface area contributed by atoms with Crippen LogP contribution in [-0.4, -0.2) is 60.3 Å².